The van der Waals surface area contributed by atoms with E-state index in [1.54, 1.807) is 6.92 Å². The van der Waals surface area contributed by atoms with Crippen LogP contribution in [0, 0.1) is 0 Å². The Hall–Kier alpha value is -1.88. The van der Waals surface area contributed by atoms with Gasteiger partial charge >= 0.3 is 0 Å². The molecule has 1 heterocycles. The number of para-hydroxylation sites is 1. The number of nitrogens with zero attached hydrogens (tertiary/aromatic N) is 2. The zero-order valence-corrected chi connectivity index (χ0v) is 8.96. The summed E-state index contributed by atoms with van der Waals surface area (Å²) in [6.45, 7) is 2.04. The van der Waals surface area contributed by atoms with Crippen molar-refractivity contribution in [2.45, 2.75) is 19.6 Å². The average Bonchev–Trinajstić information content (AvgIpc) is 2.76. The molecular formula is C11H13N3O2. The Labute approximate surface area is 93.2 Å². The van der Waals surface area contributed by atoms with Crippen LogP contribution in [0.2, 0.25) is 0 Å². The summed E-state index contributed by atoms with van der Waals surface area (Å²) in [6, 6.07) is 9.20. The third-order valence-electron chi connectivity index (χ3n) is 1.98. The lowest BCUT2D eigenvalue weighted by Gasteiger charge is -2.01. The molecule has 0 spiro atoms. The van der Waals surface area contributed by atoms with Crippen molar-refractivity contribution in [2.24, 2.45) is 5.73 Å². The van der Waals surface area contributed by atoms with Crippen molar-refractivity contribution in [1.82, 2.24) is 10.2 Å². The fourth-order valence-electron chi connectivity index (χ4n) is 1.17. The molecule has 1 aromatic heterocycles. The standard InChI is InChI=1S/C11H13N3O2/c1-8(12)11-14-13-10(16-11)7-15-9-5-3-2-4-6-9/h2-6,8H,7,12H2,1H3/t8-/m1/s1. The van der Waals surface area contributed by atoms with Gasteiger partial charge in [0, 0.05) is 0 Å². The van der Waals surface area contributed by atoms with Crippen LogP contribution in [-0.4, -0.2) is 10.2 Å². The van der Waals surface area contributed by atoms with E-state index in [-0.39, 0.29) is 12.6 Å². The Morgan fingerprint density at radius 1 is 1.31 bits per heavy atom. The van der Waals surface area contributed by atoms with Crippen molar-refractivity contribution in [3.8, 4) is 5.75 Å². The molecule has 5 nitrogen and oxygen atoms in total. The molecule has 0 fully saturated rings. The predicted molar refractivity (Wildman–Crippen MR) is 57.7 cm³/mol. The molecule has 1 aromatic carbocycles. The first-order valence-electron chi connectivity index (χ1n) is 5.01. The van der Waals surface area contributed by atoms with Crippen LogP contribution in [0.3, 0.4) is 0 Å². The van der Waals surface area contributed by atoms with Gasteiger partial charge in [-0.15, -0.1) is 10.2 Å². The first-order valence-corrected chi connectivity index (χ1v) is 5.01. The van der Waals surface area contributed by atoms with Crippen LogP contribution in [0.4, 0.5) is 0 Å². The lowest BCUT2D eigenvalue weighted by atomic mass is 10.3. The van der Waals surface area contributed by atoms with E-state index < -0.39 is 0 Å². The Morgan fingerprint density at radius 2 is 2.06 bits per heavy atom. The quantitative estimate of drug-likeness (QED) is 0.846. The van der Waals surface area contributed by atoms with Crippen LogP contribution in [0.5, 0.6) is 5.75 Å². The molecule has 0 saturated carbocycles. The normalized spacial score (nSPS) is 12.4. The van der Waals surface area contributed by atoms with Crippen molar-refractivity contribution < 1.29 is 9.15 Å². The summed E-state index contributed by atoms with van der Waals surface area (Å²) in [5.41, 5.74) is 5.60. The maximum atomic E-state index is 5.60. The Morgan fingerprint density at radius 3 is 2.69 bits per heavy atom. The molecule has 2 rings (SSSR count). The summed E-state index contributed by atoms with van der Waals surface area (Å²) < 4.78 is 10.7. The molecule has 2 N–H and O–H groups in total. The molecule has 0 bridgehead atoms. The first-order chi connectivity index (χ1) is 7.75. The van der Waals surface area contributed by atoms with E-state index in [2.05, 4.69) is 10.2 Å². The summed E-state index contributed by atoms with van der Waals surface area (Å²) in [5.74, 6) is 1.62. The summed E-state index contributed by atoms with van der Waals surface area (Å²) in [7, 11) is 0. The zero-order valence-electron chi connectivity index (χ0n) is 8.96. The van der Waals surface area contributed by atoms with Crippen LogP contribution in [0.15, 0.2) is 34.7 Å². The molecule has 1 atom stereocenters. The minimum Gasteiger partial charge on any atom is -0.484 e. The fourth-order valence-corrected chi connectivity index (χ4v) is 1.17. The van der Waals surface area contributed by atoms with Gasteiger partial charge in [0.1, 0.15) is 5.75 Å². The Bertz CT molecular complexity index is 440. The van der Waals surface area contributed by atoms with E-state index >= 15 is 0 Å². The summed E-state index contributed by atoms with van der Waals surface area (Å²) in [5, 5.41) is 7.64. The number of rotatable bonds is 4. The minimum absolute atomic E-state index is 0.252. The van der Waals surface area contributed by atoms with Crippen molar-refractivity contribution in [2.75, 3.05) is 0 Å². The highest BCUT2D eigenvalue weighted by Gasteiger charge is 2.09. The second-order valence-electron chi connectivity index (χ2n) is 3.42. The van der Waals surface area contributed by atoms with Gasteiger partial charge in [-0.05, 0) is 19.1 Å². The highest BCUT2D eigenvalue weighted by molar-refractivity contribution is 5.20. The van der Waals surface area contributed by atoms with Gasteiger partial charge in [-0.2, -0.15) is 0 Å². The third kappa shape index (κ3) is 2.58. The predicted octanol–water partition coefficient (Wildman–Crippen LogP) is 1.67. The number of aromatic nitrogens is 2. The molecule has 0 aliphatic carbocycles. The second kappa shape index (κ2) is 4.76. The highest BCUT2D eigenvalue weighted by Crippen LogP contribution is 2.12. The molecule has 5 heteroatoms. The molecule has 84 valence electrons. The van der Waals surface area contributed by atoms with Gasteiger partial charge in [0.2, 0.25) is 5.89 Å². The van der Waals surface area contributed by atoms with Gasteiger partial charge in [0.15, 0.2) is 6.61 Å². The zero-order chi connectivity index (χ0) is 11.4. The summed E-state index contributed by atoms with van der Waals surface area (Å²) in [6.07, 6.45) is 0. The van der Waals surface area contributed by atoms with Crippen LogP contribution in [0.1, 0.15) is 24.7 Å². The van der Waals surface area contributed by atoms with Gasteiger partial charge in [-0.25, -0.2) is 0 Å². The smallest absolute Gasteiger partial charge is 0.253 e. The minimum atomic E-state index is -0.252. The van der Waals surface area contributed by atoms with Gasteiger partial charge < -0.3 is 14.9 Å². The van der Waals surface area contributed by atoms with E-state index in [1.165, 1.54) is 0 Å². The summed E-state index contributed by atoms with van der Waals surface area (Å²) in [4.78, 5) is 0. The number of hydrogen-bond acceptors (Lipinski definition) is 5. The van der Waals surface area contributed by atoms with Crippen LogP contribution in [-0.2, 0) is 6.61 Å². The van der Waals surface area contributed by atoms with Gasteiger partial charge in [0.05, 0.1) is 6.04 Å². The summed E-state index contributed by atoms with van der Waals surface area (Å²) >= 11 is 0. The second-order valence-corrected chi connectivity index (χ2v) is 3.42. The maximum absolute atomic E-state index is 5.60. The largest absolute Gasteiger partial charge is 0.484 e. The molecule has 0 radical (unpaired) electrons. The van der Waals surface area contributed by atoms with Crippen molar-refractivity contribution in [3.63, 3.8) is 0 Å². The van der Waals surface area contributed by atoms with E-state index in [1.807, 2.05) is 30.3 Å². The molecule has 0 saturated heterocycles. The molecular weight excluding hydrogens is 206 g/mol. The van der Waals surface area contributed by atoms with E-state index in [0.717, 1.165) is 5.75 Å². The van der Waals surface area contributed by atoms with Gasteiger partial charge in [-0.3, -0.25) is 0 Å². The number of hydrogen-bond donors (Lipinski definition) is 1. The number of nitrogens with two attached hydrogens (primary N) is 1. The lowest BCUT2D eigenvalue weighted by molar-refractivity contribution is 0.257. The van der Waals surface area contributed by atoms with E-state index in [4.69, 9.17) is 14.9 Å². The lowest BCUT2D eigenvalue weighted by Crippen LogP contribution is -2.04. The highest BCUT2D eigenvalue weighted by atomic mass is 16.5. The monoisotopic (exact) mass is 219 g/mol. The maximum Gasteiger partial charge on any atom is 0.253 e. The first kappa shape index (κ1) is 10.6. The van der Waals surface area contributed by atoms with Crippen LogP contribution in [0.25, 0.3) is 0 Å². The van der Waals surface area contributed by atoms with Crippen molar-refractivity contribution in [3.05, 3.63) is 42.1 Å². The fraction of sp³-hybridized carbons (Fsp3) is 0.273. The third-order valence-corrected chi connectivity index (χ3v) is 1.98. The van der Waals surface area contributed by atoms with E-state index in [0.29, 0.717) is 11.8 Å². The molecule has 0 aliphatic heterocycles. The topological polar surface area (TPSA) is 74.2 Å². The van der Waals surface area contributed by atoms with Crippen molar-refractivity contribution >= 4 is 0 Å². The Kier molecular flexibility index (Phi) is 3.16. The van der Waals surface area contributed by atoms with Gasteiger partial charge in [-0.1, -0.05) is 18.2 Å². The van der Waals surface area contributed by atoms with Crippen LogP contribution >= 0.6 is 0 Å². The molecule has 16 heavy (non-hydrogen) atoms. The molecule has 0 unspecified atom stereocenters. The molecule has 0 amide bonds. The molecule has 0 aliphatic rings. The number of benzene rings is 1. The SMILES string of the molecule is C[C@@H](N)c1nnc(COc2ccccc2)o1. The van der Waals surface area contributed by atoms with Crippen molar-refractivity contribution in [1.29, 1.82) is 0 Å². The number of ether oxygens (including phenoxy) is 1. The average molecular weight is 219 g/mol. The van der Waals surface area contributed by atoms with Crippen LogP contribution < -0.4 is 10.5 Å². The van der Waals surface area contributed by atoms with Gasteiger partial charge in [0.25, 0.3) is 5.89 Å². The molecule has 2 aromatic rings. The van der Waals surface area contributed by atoms with E-state index in [9.17, 15) is 0 Å². The Balaban J connectivity index is 1.95.